The standard InChI is InChI=1S/C13H23N3O4/c1-8(2)4-5-9(3)15-13(20)16-7-11(17)14-6-10(16)12(18)19/h8-10H,4-7H2,1-3H3,(H,14,17)(H,15,20)(H,18,19). The Morgan fingerprint density at radius 3 is 2.60 bits per heavy atom. The topological polar surface area (TPSA) is 98.7 Å². The summed E-state index contributed by atoms with van der Waals surface area (Å²) in [6, 6.07) is -1.56. The summed E-state index contributed by atoms with van der Waals surface area (Å²) in [5, 5.41) is 14.3. The highest BCUT2D eigenvalue weighted by Crippen LogP contribution is 2.09. The lowest BCUT2D eigenvalue weighted by Crippen LogP contribution is -2.62. The molecular formula is C13H23N3O4. The molecule has 0 aromatic heterocycles. The summed E-state index contributed by atoms with van der Waals surface area (Å²) in [6.45, 7) is 5.80. The van der Waals surface area contributed by atoms with Crippen LogP contribution in [0.3, 0.4) is 0 Å². The Balaban J connectivity index is 2.58. The van der Waals surface area contributed by atoms with Gasteiger partial charge in [0.15, 0.2) is 0 Å². The predicted molar refractivity (Wildman–Crippen MR) is 73.2 cm³/mol. The molecule has 1 aliphatic rings. The molecule has 3 amide bonds. The number of urea groups is 1. The minimum atomic E-state index is -1.12. The fraction of sp³-hybridized carbons (Fsp3) is 0.769. The Hall–Kier alpha value is -1.79. The fourth-order valence-electron chi connectivity index (χ4n) is 2.02. The van der Waals surface area contributed by atoms with Crippen molar-refractivity contribution in [3.05, 3.63) is 0 Å². The molecule has 1 rings (SSSR count). The Labute approximate surface area is 118 Å². The largest absolute Gasteiger partial charge is 0.480 e. The van der Waals surface area contributed by atoms with Crippen LogP contribution >= 0.6 is 0 Å². The minimum absolute atomic E-state index is 0.0515. The maximum absolute atomic E-state index is 12.1. The summed E-state index contributed by atoms with van der Waals surface area (Å²) < 4.78 is 0. The smallest absolute Gasteiger partial charge is 0.328 e. The molecule has 3 N–H and O–H groups in total. The van der Waals surface area contributed by atoms with Gasteiger partial charge in [0.2, 0.25) is 5.91 Å². The van der Waals surface area contributed by atoms with E-state index in [-0.39, 0.29) is 25.0 Å². The van der Waals surface area contributed by atoms with E-state index in [4.69, 9.17) is 5.11 Å². The van der Waals surface area contributed by atoms with Gasteiger partial charge in [0.25, 0.3) is 0 Å². The van der Waals surface area contributed by atoms with Gasteiger partial charge in [0.1, 0.15) is 12.6 Å². The van der Waals surface area contributed by atoms with Crippen molar-refractivity contribution in [2.75, 3.05) is 13.1 Å². The molecule has 1 aliphatic heterocycles. The molecule has 1 saturated heterocycles. The second kappa shape index (κ2) is 7.12. The zero-order chi connectivity index (χ0) is 15.3. The maximum atomic E-state index is 12.1. The number of nitrogens with zero attached hydrogens (tertiary/aromatic N) is 1. The molecule has 20 heavy (non-hydrogen) atoms. The van der Waals surface area contributed by atoms with Crippen LogP contribution in [0.2, 0.25) is 0 Å². The zero-order valence-corrected chi connectivity index (χ0v) is 12.2. The molecule has 0 aliphatic carbocycles. The number of carbonyl (C=O) groups is 3. The molecule has 7 heteroatoms. The molecule has 0 radical (unpaired) electrons. The van der Waals surface area contributed by atoms with Crippen LogP contribution < -0.4 is 10.6 Å². The van der Waals surface area contributed by atoms with Crippen molar-refractivity contribution in [1.82, 2.24) is 15.5 Å². The van der Waals surface area contributed by atoms with Crippen molar-refractivity contribution >= 4 is 17.9 Å². The van der Waals surface area contributed by atoms with Crippen molar-refractivity contribution in [3.8, 4) is 0 Å². The van der Waals surface area contributed by atoms with E-state index in [0.717, 1.165) is 17.7 Å². The summed E-state index contributed by atoms with van der Waals surface area (Å²) in [6.07, 6.45) is 1.80. The molecule has 0 aromatic carbocycles. The number of hydrogen-bond donors (Lipinski definition) is 3. The van der Waals surface area contributed by atoms with Crippen LogP contribution in [0, 0.1) is 5.92 Å². The van der Waals surface area contributed by atoms with Gasteiger partial charge in [0.05, 0.1) is 0 Å². The van der Waals surface area contributed by atoms with Crippen LogP contribution in [0.1, 0.15) is 33.6 Å². The Morgan fingerprint density at radius 1 is 1.40 bits per heavy atom. The van der Waals surface area contributed by atoms with Crippen molar-refractivity contribution in [2.24, 2.45) is 5.92 Å². The van der Waals surface area contributed by atoms with Crippen LogP contribution in [0.4, 0.5) is 4.79 Å². The average molecular weight is 285 g/mol. The zero-order valence-electron chi connectivity index (χ0n) is 12.2. The van der Waals surface area contributed by atoms with Crippen LogP contribution in [0.5, 0.6) is 0 Å². The lowest BCUT2D eigenvalue weighted by molar-refractivity contribution is -0.144. The third-order valence-electron chi connectivity index (χ3n) is 3.28. The van der Waals surface area contributed by atoms with Crippen LogP contribution in [0.15, 0.2) is 0 Å². The van der Waals surface area contributed by atoms with Gasteiger partial charge in [-0.15, -0.1) is 0 Å². The average Bonchev–Trinajstić information content (AvgIpc) is 2.35. The van der Waals surface area contributed by atoms with Crippen LogP contribution in [-0.4, -0.2) is 53.1 Å². The number of carboxylic acid groups (broad SMARTS) is 1. The van der Waals surface area contributed by atoms with E-state index >= 15 is 0 Å². The van der Waals surface area contributed by atoms with Crippen molar-refractivity contribution in [1.29, 1.82) is 0 Å². The molecule has 114 valence electrons. The fourth-order valence-corrected chi connectivity index (χ4v) is 2.02. The molecule has 2 atom stereocenters. The van der Waals surface area contributed by atoms with Gasteiger partial charge < -0.3 is 15.7 Å². The molecule has 2 unspecified atom stereocenters. The normalized spacial score (nSPS) is 20.5. The molecule has 1 fully saturated rings. The summed E-state index contributed by atoms with van der Waals surface area (Å²) in [5.41, 5.74) is 0. The summed E-state index contributed by atoms with van der Waals surface area (Å²) in [4.78, 5) is 35.6. The summed E-state index contributed by atoms with van der Waals surface area (Å²) >= 11 is 0. The number of carboxylic acids is 1. The van der Waals surface area contributed by atoms with Gasteiger partial charge in [-0.2, -0.15) is 0 Å². The highest BCUT2D eigenvalue weighted by molar-refractivity contribution is 5.90. The third-order valence-corrected chi connectivity index (χ3v) is 3.28. The number of amides is 3. The molecule has 1 heterocycles. The summed E-state index contributed by atoms with van der Waals surface area (Å²) in [7, 11) is 0. The Bertz CT molecular complexity index is 384. The van der Waals surface area contributed by atoms with Crippen molar-refractivity contribution < 1.29 is 19.5 Å². The number of piperazine rings is 1. The van der Waals surface area contributed by atoms with Gasteiger partial charge in [-0.25, -0.2) is 9.59 Å². The lowest BCUT2D eigenvalue weighted by Gasteiger charge is -2.33. The van der Waals surface area contributed by atoms with E-state index in [1.807, 2.05) is 6.92 Å². The number of hydrogen-bond acceptors (Lipinski definition) is 3. The molecule has 0 bridgehead atoms. The monoisotopic (exact) mass is 285 g/mol. The lowest BCUT2D eigenvalue weighted by atomic mass is 10.0. The van der Waals surface area contributed by atoms with Crippen molar-refractivity contribution in [3.63, 3.8) is 0 Å². The highest BCUT2D eigenvalue weighted by atomic mass is 16.4. The van der Waals surface area contributed by atoms with Crippen LogP contribution in [0.25, 0.3) is 0 Å². The van der Waals surface area contributed by atoms with Crippen LogP contribution in [-0.2, 0) is 9.59 Å². The third kappa shape index (κ3) is 4.71. The number of rotatable bonds is 5. The first-order valence-corrected chi connectivity index (χ1v) is 6.88. The van der Waals surface area contributed by atoms with Gasteiger partial charge in [-0.05, 0) is 25.7 Å². The molecule has 0 aromatic rings. The molecule has 0 saturated carbocycles. The minimum Gasteiger partial charge on any atom is -0.480 e. The first kappa shape index (κ1) is 16.3. The van der Waals surface area contributed by atoms with E-state index in [1.165, 1.54) is 0 Å². The molecular weight excluding hydrogens is 262 g/mol. The maximum Gasteiger partial charge on any atom is 0.328 e. The number of aliphatic carboxylic acids is 1. The van der Waals surface area contributed by atoms with E-state index in [1.54, 1.807) is 0 Å². The van der Waals surface area contributed by atoms with Gasteiger partial charge in [-0.1, -0.05) is 13.8 Å². The second-order valence-corrected chi connectivity index (χ2v) is 5.61. The first-order chi connectivity index (χ1) is 9.31. The van der Waals surface area contributed by atoms with E-state index in [2.05, 4.69) is 24.5 Å². The number of carbonyl (C=O) groups excluding carboxylic acids is 2. The summed E-state index contributed by atoms with van der Waals surface area (Å²) in [5.74, 6) is -0.913. The van der Waals surface area contributed by atoms with Gasteiger partial charge in [0, 0.05) is 12.6 Å². The number of nitrogens with one attached hydrogen (secondary N) is 2. The second-order valence-electron chi connectivity index (χ2n) is 5.61. The van der Waals surface area contributed by atoms with Gasteiger partial charge >= 0.3 is 12.0 Å². The Morgan fingerprint density at radius 2 is 2.05 bits per heavy atom. The van der Waals surface area contributed by atoms with E-state index < -0.39 is 18.0 Å². The van der Waals surface area contributed by atoms with E-state index in [9.17, 15) is 14.4 Å². The molecule has 0 spiro atoms. The predicted octanol–water partition coefficient (Wildman–Crippen LogP) is 0.406. The highest BCUT2D eigenvalue weighted by Gasteiger charge is 2.35. The molecule has 7 nitrogen and oxygen atoms in total. The first-order valence-electron chi connectivity index (χ1n) is 6.88. The van der Waals surface area contributed by atoms with Crippen molar-refractivity contribution in [2.45, 2.75) is 45.7 Å². The van der Waals surface area contributed by atoms with Gasteiger partial charge in [-0.3, -0.25) is 9.69 Å². The van der Waals surface area contributed by atoms with E-state index in [0.29, 0.717) is 5.92 Å². The SMILES string of the molecule is CC(C)CCC(C)NC(=O)N1CC(=O)NCC1C(=O)O. The quantitative estimate of drug-likeness (QED) is 0.681. The Kier molecular flexibility index (Phi) is 5.79.